The van der Waals surface area contributed by atoms with Gasteiger partial charge in [0, 0.05) is 0 Å². The molecular formula is C12H16O5. The van der Waals surface area contributed by atoms with Gasteiger partial charge in [-0.2, -0.15) is 0 Å². The van der Waals surface area contributed by atoms with Crippen LogP contribution in [0.4, 0.5) is 0 Å². The lowest BCUT2D eigenvalue weighted by Crippen LogP contribution is -2.53. The molecule has 0 radical (unpaired) electrons. The molecule has 5 heteroatoms. The Kier molecular flexibility index (Phi) is 4.09. The molecule has 0 unspecified atom stereocenters. The van der Waals surface area contributed by atoms with Crippen molar-refractivity contribution < 1.29 is 24.8 Å². The zero-order chi connectivity index (χ0) is 12.3. The zero-order valence-corrected chi connectivity index (χ0v) is 9.27. The average molecular weight is 240 g/mol. The number of aliphatic hydroxyl groups is 3. The van der Waals surface area contributed by atoms with Crippen LogP contribution in [0.5, 0.6) is 0 Å². The molecule has 2 rings (SSSR count). The molecule has 0 saturated carbocycles. The Morgan fingerprint density at radius 2 is 1.82 bits per heavy atom. The molecule has 0 aromatic heterocycles. The Hall–Kier alpha value is -0.980. The first kappa shape index (κ1) is 12.5. The van der Waals surface area contributed by atoms with E-state index in [1.165, 1.54) is 0 Å². The zero-order valence-electron chi connectivity index (χ0n) is 9.27. The standard InChI is InChI=1S/C12H16O5/c13-9-7-17-12(11(15)10(9)14)16-6-8-4-2-1-3-5-8/h1-5,9-15H,6-7H2/t9-,10+,11-,12+/m0/s1. The van der Waals surface area contributed by atoms with Crippen LogP contribution in [0.15, 0.2) is 30.3 Å². The van der Waals surface area contributed by atoms with E-state index in [1.54, 1.807) is 0 Å². The summed E-state index contributed by atoms with van der Waals surface area (Å²) in [7, 11) is 0. The summed E-state index contributed by atoms with van der Waals surface area (Å²) in [6, 6.07) is 9.45. The van der Waals surface area contributed by atoms with Crippen molar-refractivity contribution in [2.24, 2.45) is 0 Å². The van der Waals surface area contributed by atoms with Gasteiger partial charge in [0.1, 0.15) is 18.3 Å². The van der Waals surface area contributed by atoms with E-state index in [0.717, 1.165) is 5.56 Å². The summed E-state index contributed by atoms with van der Waals surface area (Å²) in [6.45, 7) is 0.239. The molecule has 17 heavy (non-hydrogen) atoms. The third-order valence-electron chi connectivity index (χ3n) is 2.71. The molecule has 94 valence electrons. The van der Waals surface area contributed by atoms with Crippen molar-refractivity contribution in [2.45, 2.75) is 31.2 Å². The first-order chi connectivity index (χ1) is 8.18. The van der Waals surface area contributed by atoms with E-state index in [2.05, 4.69) is 0 Å². The molecule has 0 amide bonds. The minimum atomic E-state index is -1.23. The van der Waals surface area contributed by atoms with E-state index in [-0.39, 0.29) is 13.2 Å². The second kappa shape index (κ2) is 5.57. The number of hydrogen-bond donors (Lipinski definition) is 3. The van der Waals surface area contributed by atoms with Crippen molar-refractivity contribution in [3.05, 3.63) is 35.9 Å². The molecule has 1 aliphatic heterocycles. The van der Waals surface area contributed by atoms with Gasteiger partial charge in [0.05, 0.1) is 13.2 Å². The fraction of sp³-hybridized carbons (Fsp3) is 0.500. The van der Waals surface area contributed by atoms with E-state index in [0.29, 0.717) is 0 Å². The highest BCUT2D eigenvalue weighted by Gasteiger charge is 2.38. The summed E-state index contributed by atoms with van der Waals surface area (Å²) in [4.78, 5) is 0. The summed E-state index contributed by atoms with van der Waals surface area (Å²) in [5.41, 5.74) is 0.948. The van der Waals surface area contributed by atoms with Crippen LogP contribution in [-0.4, -0.2) is 46.5 Å². The normalized spacial score (nSPS) is 33.6. The highest BCUT2D eigenvalue weighted by atomic mass is 16.7. The highest BCUT2D eigenvalue weighted by molar-refractivity contribution is 5.13. The van der Waals surface area contributed by atoms with E-state index >= 15 is 0 Å². The molecule has 1 fully saturated rings. The van der Waals surface area contributed by atoms with Crippen LogP contribution in [0.3, 0.4) is 0 Å². The highest BCUT2D eigenvalue weighted by Crippen LogP contribution is 2.17. The first-order valence-electron chi connectivity index (χ1n) is 5.50. The molecule has 5 nitrogen and oxygen atoms in total. The van der Waals surface area contributed by atoms with Crippen LogP contribution in [0, 0.1) is 0 Å². The van der Waals surface area contributed by atoms with Crippen molar-refractivity contribution in [2.75, 3.05) is 6.61 Å². The van der Waals surface area contributed by atoms with Crippen LogP contribution in [0.2, 0.25) is 0 Å². The van der Waals surface area contributed by atoms with E-state index in [4.69, 9.17) is 9.47 Å². The Balaban J connectivity index is 1.87. The number of hydrogen-bond acceptors (Lipinski definition) is 5. The lowest BCUT2D eigenvalue weighted by atomic mass is 10.1. The van der Waals surface area contributed by atoms with Crippen LogP contribution >= 0.6 is 0 Å². The van der Waals surface area contributed by atoms with Gasteiger partial charge in [0.15, 0.2) is 6.29 Å². The minimum Gasteiger partial charge on any atom is -0.388 e. The Morgan fingerprint density at radius 3 is 2.53 bits per heavy atom. The van der Waals surface area contributed by atoms with E-state index < -0.39 is 24.6 Å². The Labute approximate surface area is 99.2 Å². The van der Waals surface area contributed by atoms with Gasteiger partial charge in [-0.1, -0.05) is 30.3 Å². The van der Waals surface area contributed by atoms with Gasteiger partial charge in [-0.25, -0.2) is 0 Å². The van der Waals surface area contributed by atoms with Gasteiger partial charge in [0.25, 0.3) is 0 Å². The SMILES string of the molecule is O[C@@H]1[C@H](OCc2ccccc2)OC[C@H](O)[C@H]1O. The fourth-order valence-electron chi connectivity index (χ4n) is 1.68. The summed E-state index contributed by atoms with van der Waals surface area (Å²) in [6.07, 6.45) is -4.44. The van der Waals surface area contributed by atoms with Crippen molar-refractivity contribution in [1.82, 2.24) is 0 Å². The van der Waals surface area contributed by atoms with Gasteiger partial charge >= 0.3 is 0 Å². The van der Waals surface area contributed by atoms with Gasteiger partial charge in [-0.3, -0.25) is 0 Å². The third kappa shape index (κ3) is 3.02. The molecule has 1 aromatic rings. The van der Waals surface area contributed by atoms with Crippen molar-refractivity contribution in [3.8, 4) is 0 Å². The maximum Gasteiger partial charge on any atom is 0.186 e. The average Bonchev–Trinajstić information content (AvgIpc) is 2.36. The van der Waals surface area contributed by atoms with Crippen LogP contribution in [-0.2, 0) is 16.1 Å². The molecule has 0 aliphatic carbocycles. The maximum absolute atomic E-state index is 9.63. The molecule has 3 N–H and O–H groups in total. The van der Waals surface area contributed by atoms with Crippen molar-refractivity contribution in [1.29, 1.82) is 0 Å². The monoisotopic (exact) mass is 240 g/mol. The van der Waals surface area contributed by atoms with E-state index in [9.17, 15) is 15.3 Å². The van der Waals surface area contributed by atoms with Crippen LogP contribution < -0.4 is 0 Å². The third-order valence-corrected chi connectivity index (χ3v) is 2.71. The predicted octanol–water partition coefficient (Wildman–Crippen LogP) is -0.358. The predicted molar refractivity (Wildman–Crippen MR) is 59.0 cm³/mol. The van der Waals surface area contributed by atoms with Crippen LogP contribution in [0.1, 0.15) is 5.56 Å². The summed E-state index contributed by atoms with van der Waals surface area (Å²) in [5.74, 6) is 0. The topological polar surface area (TPSA) is 79.2 Å². The first-order valence-corrected chi connectivity index (χ1v) is 5.50. The summed E-state index contributed by atoms with van der Waals surface area (Å²) >= 11 is 0. The largest absolute Gasteiger partial charge is 0.388 e. The molecule has 4 atom stereocenters. The van der Waals surface area contributed by atoms with Gasteiger partial charge in [-0.05, 0) is 5.56 Å². The second-order valence-electron chi connectivity index (χ2n) is 4.05. The molecule has 0 spiro atoms. The summed E-state index contributed by atoms with van der Waals surface area (Å²) < 4.78 is 10.5. The Bertz CT molecular complexity index is 342. The number of ether oxygens (including phenoxy) is 2. The lowest BCUT2D eigenvalue weighted by molar-refractivity contribution is -0.273. The molecule has 0 bridgehead atoms. The van der Waals surface area contributed by atoms with Gasteiger partial charge in [0.2, 0.25) is 0 Å². The van der Waals surface area contributed by atoms with Crippen molar-refractivity contribution >= 4 is 0 Å². The van der Waals surface area contributed by atoms with Crippen molar-refractivity contribution in [3.63, 3.8) is 0 Å². The molecular weight excluding hydrogens is 224 g/mol. The second-order valence-corrected chi connectivity index (χ2v) is 4.05. The minimum absolute atomic E-state index is 0.0440. The smallest absolute Gasteiger partial charge is 0.186 e. The lowest BCUT2D eigenvalue weighted by Gasteiger charge is -2.34. The molecule has 1 aromatic carbocycles. The summed E-state index contributed by atoms with van der Waals surface area (Å²) in [5, 5.41) is 28.3. The molecule has 1 heterocycles. The number of aliphatic hydroxyl groups excluding tert-OH is 3. The van der Waals surface area contributed by atoms with E-state index in [1.807, 2.05) is 30.3 Å². The van der Waals surface area contributed by atoms with Crippen LogP contribution in [0.25, 0.3) is 0 Å². The van der Waals surface area contributed by atoms with Gasteiger partial charge in [-0.15, -0.1) is 0 Å². The molecule has 1 saturated heterocycles. The molecule has 1 aliphatic rings. The quantitative estimate of drug-likeness (QED) is 0.672. The maximum atomic E-state index is 9.63. The number of benzene rings is 1. The van der Waals surface area contributed by atoms with Gasteiger partial charge < -0.3 is 24.8 Å². The fourth-order valence-corrected chi connectivity index (χ4v) is 1.68. The Morgan fingerprint density at radius 1 is 1.12 bits per heavy atom. The number of rotatable bonds is 3.